The molecule has 3 rings (SSSR count). The molecule has 2 nitrogen and oxygen atoms in total. The fourth-order valence-electron chi connectivity index (χ4n) is 2.06. The smallest absolute Gasteiger partial charge is 0.307 e. The molecule has 84 valence electrons. The zero-order chi connectivity index (χ0) is 11.4. The van der Waals surface area contributed by atoms with E-state index in [1.54, 1.807) is 22.9 Å². The minimum absolute atomic E-state index is 0.191. The van der Waals surface area contributed by atoms with E-state index in [9.17, 15) is 13.2 Å². The fraction of sp³-hybridized carbons (Fsp3) is 0.364. The highest BCUT2D eigenvalue weighted by Crippen LogP contribution is 2.58. The van der Waals surface area contributed by atoms with Crippen molar-refractivity contribution in [3.63, 3.8) is 0 Å². The van der Waals surface area contributed by atoms with Gasteiger partial charge in [-0.1, -0.05) is 6.07 Å². The van der Waals surface area contributed by atoms with Gasteiger partial charge in [0.15, 0.2) is 0 Å². The summed E-state index contributed by atoms with van der Waals surface area (Å²) in [6, 6.07) is 3.16. The van der Waals surface area contributed by atoms with Crippen LogP contribution in [0.2, 0.25) is 0 Å². The van der Waals surface area contributed by atoms with Crippen molar-refractivity contribution >= 4 is 5.65 Å². The number of alkyl halides is 3. The molecule has 2 aromatic heterocycles. The number of fused-ring (bicyclic) bond motifs is 1. The largest absolute Gasteiger partial charge is 0.398 e. The van der Waals surface area contributed by atoms with Crippen LogP contribution in [-0.4, -0.2) is 15.6 Å². The highest BCUT2D eigenvalue weighted by atomic mass is 19.4. The van der Waals surface area contributed by atoms with Crippen molar-refractivity contribution in [2.24, 2.45) is 0 Å². The molecule has 1 fully saturated rings. The van der Waals surface area contributed by atoms with E-state index in [1.165, 1.54) is 12.3 Å². The molecule has 5 heteroatoms. The van der Waals surface area contributed by atoms with Crippen LogP contribution < -0.4 is 0 Å². The first-order chi connectivity index (χ1) is 7.53. The average molecular weight is 226 g/mol. The highest BCUT2D eigenvalue weighted by Gasteiger charge is 2.64. The molecule has 0 amide bonds. The first-order valence-corrected chi connectivity index (χ1v) is 5.03. The summed E-state index contributed by atoms with van der Waals surface area (Å²) < 4.78 is 40.3. The Morgan fingerprint density at radius 2 is 2.00 bits per heavy atom. The molecule has 1 saturated carbocycles. The Morgan fingerprint density at radius 3 is 2.62 bits per heavy atom. The topological polar surface area (TPSA) is 17.3 Å². The zero-order valence-electron chi connectivity index (χ0n) is 8.33. The van der Waals surface area contributed by atoms with Crippen molar-refractivity contribution < 1.29 is 13.2 Å². The van der Waals surface area contributed by atoms with Crippen molar-refractivity contribution in [3.8, 4) is 0 Å². The van der Waals surface area contributed by atoms with Crippen LogP contribution >= 0.6 is 0 Å². The molecule has 0 unspecified atom stereocenters. The fourth-order valence-corrected chi connectivity index (χ4v) is 2.06. The number of hydrogen-bond donors (Lipinski definition) is 0. The van der Waals surface area contributed by atoms with Crippen LogP contribution in [0.1, 0.15) is 18.4 Å². The first-order valence-electron chi connectivity index (χ1n) is 5.03. The summed E-state index contributed by atoms with van der Waals surface area (Å²) in [5, 5.41) is 0. The van der Waals surface area contributed by atoms with Gasteiger partial charge in [0.25, 0.3) is 0 Å². The standard InChI is InChI=1S/C11H9F3N2/c12-11(13,14)10(3-4-10)8-1-2-9-15-5-6-16(9)7-8/h1-2,5-7H,3-4H2. The van der Waals surface area contributed by atoms with Crippen LogP contribution in [0.3, 0.4) is 0 Å². The lowest BCUT2D eigenvalue weighted by Crippen LogP contribution is -2.28. The molecule has 0 aromatic carbocycles. The zero-order valence-corrected chi connectivity index (χ0v) is 8.33. The Kier molecular flexibility index (Phi) is 1.68. The Balaban J connectivity index is 2.12. The Labute approximate surface area is 89.7 Å². The predicted molar refractivity (Wildman–Crippen MR) is 52.2 cm³/mol. The number of hydrogen-bond acceptors (Lipinski definition) is 1. The summed E-state index contributed by atoms with van der Waals surface area (Å²) in [6.45, 7) is 0. The molecule has 0 aliphatic heterocycles. The second kappa shape index (κ2) is 2.78. The molecule has 0 saturated heterocycles. The van der Waals surface area contributed by atoms with Gasteiger partial charge in [-0.3, -0.25) is 0 Å². The quantitative estimate of drug-likeness (QED) is 0.730. The summed E-state index contributed by atoms with van der Waals surface area (Å²) in [5.74, 6) is 0. The van der Waals surface area contributed by atoms with Crippen LogP contribution in [0.5, 0.6) is 0 Å². The van der Waals surface area contributed by atoms with E-state index in [2.05, 4.69) is 4.98 Å². The summed E-state index contributed by atoms with van der Waals surface area (Å²) in [7, 11) is 0. The number of pyridine rings is 1. The minimum Gasteiger partial charge on any atom is -0.307 e. The van der Waals surface area contributed by atoms with Crippen LogP contribution in [0.25, 0.3) is 5.65 Å². The van der Waals surface area contributed by atoms with Crippen LogP contribution in [-0.2, 0) is 5.41 Å². The third kappa shape index (κ3) is 1.17. The summed E-state index contributed by atoms with van der Waals surface area (Å²) in [6.07, 6.45) is 0.995. The SMILES string of the molecule is FC(F)(F)C1(c2ccc3nccn3c2)CC1. The van der Waals surface area contributed by atoms with Gasteiger partial charge >= 0.3 is 6.18 Å². The number of rotatable bonds is 1. The van der Waals surface area contributed by atoms with E-state index < -0.39 is 11.6 Å². The third-order valence-corrected chi connectivity index (χ3v) is 3.23. The molecule has 16 heavy (non-hydrogen) atoms. The van der Waals surface area contributed by atoms with E-state index in [0.29, 0.717) is 11.2 Å². The number of halogens is 3. The third-order valence-electron chi connectivity index (χ3n) is 3.23. The number of aromatic nitrogens is 2. The highest BCUT2D eigenvalue weighted by molar-refractivity contribution is 5.43. The lowest BCUT2D eigenvalue weighted by Gasteiger charge is -2.19. The Morgan fingerprint density at radius 1 is 1.25 bits per heavy atom. The predicted octanol–water partition coefficient (Wildman–Crippen LogP) is 2.93. The molecule has 1 aliphatic carbocycles. The lowest BCUT2D eigenvalue weighted by atomic mass is 9.97. The lowest BCUT2D eigenvalue weighted by molar-refractivity contribution is -0.160. The number of nitrogens with zero attached hydrogens (tertiary/aromatic N) is 2. The van der Waals surface area contributed by atoms with Crippen molar-refractivity contribution in [1.82, 2.24) is 9.38 Å². The molecule has 0 bridgehead atoms. The molecule has 2 aromatic rings. The first kappa shape index (κ1) is 9.69. The molecule has 0 radical (unpaired) electrons. The van der Waals surface area contributed by atoms with E-state index in [0.717, 1.165) is 0 Å². The van der Waals surface area contributed by atoms with Gasteiger partial charge in [0.1, 0.15) is 5.65 Å². The van der Waals surface area contributed by atoms with E-state index >= 15 is 0 Å². The second-order valence-electron chi connectivity index (χ2n) is 4.19. The number of imidazole rings is 1. The molecule has 2 heterocycles. The summed E-state index contributed by atoms with van der Waals surface area (Å²) >= 11 is 0. The van der Waals surface area contributed by atoms with E-state index in [1.807, 2.05) is 0 Å². The van der Waals surface area contributed by atoms with E-state index in [-0.39, 0.29) is 12.8 Å². The normalized spacial score (nSPS) is 18.9. The van der Waals surface area contributed by atoms with Crippen LogP contribution in [0.4, 0.5) is 13.2 Å². The summed E-state index contributed by atoms with van der Waals surface area (Å²) in [5.41, 5.74) is -0.599. The van der Waals surface area contributed by atoms with Crippen LogP contribution in [0, 0.1) is 0 Å². The van der Waals surface area contributed by atoms with Crippen LogP contribution in [0.15, 0.2) is 30.7 Å². The molecule has 0 atom stereocenters. The van der Waals surface area contributed by atoms with Crippen molar-refractivity contribution in [2.45, 2.75) is 24.4 Å². The monoisotopic (exact) mass is 226 g/mol. The maximum absolute atomic E-state index is 12.9. The Hall–Kier alpha value is -1.52. The van der Waals surface area contributed by atoms with Gasteiger partial charge in [0, 0.05) is 18.6 Å². The molecule has 1 aliphatic rings. The van der Waals surface area contributed by atoms with Crippen molar-refractivity contribution in [1.29, 1.82) is 0 Å². The maximum Gasteiger partial charge on any atom is 0.398 e. The second-order valence-corrected chi connectivity index (χ2v) is 4.19. The van der Waals surface area contributed by atoms with Gasteiger partial charge in [-0.2, -0.15) is 13.2 Å². The van der Waals surface area contributed by atoms with E-state index in [4.69, 9.17) is 0 Å². The Bertz CT molecular complexity index is 537. The van der Waals surface area contributed by atoms with Gasteiger partial charge in [-0.25, -0.2) is 4.98 Å². The molecule has 0 spiro atoms. The summed E-state index contributed by atoms with van der Waals surface area (Å²) in [4.78, 5) is 4.01. The van der Waals surface area contributed by atoms with Gasteiger partial charge in [0.2, 0.25) is 0 Å². The molecular weight excluding hydrogens is 217 g/mol. The van der Waals surface area contributed by atoms with Crippen molar-refractivity contribution in [2.75, 3.05) is 0 Å². The van der Waals surface area contributed by atoms with Gasteiger partial charge < -0.3 is 4.40 Å². The molecular formula is C11H9F3N2. The average Bonchev–Trinajstić information content (AvgIpc) is 2.91. The van der Waals surface area contributed by atoms with Gasteiger partial charge in [-0.15, -0.1) is 0 Å². The van der Waals surface area contributed by atoms with Gasteiger partial charge in [-0.05, 0) is 24.5 Å². The van der Waals surface area contributed by atoms with Crippen molar-refractivity contribution in [3.05, 3.63) is 36.3 Å². The van der Waals surface area contributed by atoms with Gasteiger partial charge in [0.05, 0.1) is 5.41 Å². The minimum atomic E-state index is -4.15. The molecule has 0 N–H and O–H groups in total. The maximum atomic E-state index is 12.9.